The summed E-state index contributed by atoms with van der Waals surface area (Å²) in [6, 6.07) is 5.80. The first-order valence-corrected chi connectivity index (χ1v) is 6.72. The molecule has 0 aliphatic carbocycles. The molecule has 1 atom stereocenters. The van der Waals surface area contributed by atoms with Crippen molar-refractivity contribution in [2.45, 2.75) is 31.0 Å². The second-order valence-corrected chi connectivity index (χ2v) is 5.72. The second kappa shape index (κ2) is 4.26. The third-order valence-corrected chi connectivity index (χ3v) is 4.12. The van der Waals surface area contributed by atoms with Crippen LogP contribution in [0.4, 0.5) is 0 Å². The van der Waals surface area contributed by atoms with Gasteiger partial charge in [0.2, 0.25) is 0 Å². The summed E-state index contributed by atoms with van der Waals surface area (Å²) >= 11 is 3.44. The van der Waals surface area contributed by atoms with Crippen molar-refractivity contribution in [2.24, 2.45) is 0 Å². The third kappa shape index (κ3) is 2.09. The molecule has 1 saturated heterocycles. The largest absolute Gasteiger partial charge is 0.487 e. The summed E-state index contributed by atoms with van der Waals surface area (Å²) in [6.45, 7) is 1.44. The zero-order chi connectivity index (χ0) is 11.9. The molecule has 0 radical (unpaired) electrons. The van der Waals surface area contributed by atoms with Gasteiger partial charge in [-0.15, -0.1) is 0 Å². The molecule has 0 amide bonds. The summed E-state index contributed by atoms with van der Waals surface area (Å²) < 4.78 is 12.5. The number of hydrogen-bond acceptors (Lipinski definition) is 3. The van der Waals surface area contributed by atoms with Crippen molar-refractivity contribution in [3.63, 3.8) is 0 Å². The summed E-state index contributed by atoms with van der Waals surface area (Å²) in [4.78, 5) is 0. The number of aliphatic hydroxyl groups is 1. The van der Waals surface area contributed by atoms with E-state index < -0.39 is 6.10 Å². The normalized spacial score (nSPS) is 26.4. The fourth-order valence-electron chi connectivity index (χ4n) is 2.66. The first-order valence-electron chi connectivity index (χ1n) is 5.93. The number of benzene rings is 1. The van der Waals surface area contributed by atoms with E-state index in [1.807, 2.05) is 18.2 Å². The smallest absolute Gasteiger partial charge is 0.127 e. The maximum Gasteiger partial charge on any atom is 0.127 e. The molecule has 0 bridgehead atoms. The molecule has 0 aromatic heterocycles. The fourth-order valence-corrected chi connectivity index (χ4v) is 3.00. The number of hydrogen-bond donors (Lipinski definition) is 1. The molecule has 17 heavy (non-hydrogen) atoms. The van der Waals surface area contributed by atoms with Crippen LogP contribution in [0, 0.1) is 0 Å². The highest BCUT2D eigenvalue weighted by molar-refractivity contribution is 9.10. The number of ether oxygens (including phenoxy) is 2. The molecule has 2 aliphatic rings. The Morgan fingerprint density at radius 2 is 2.06 bits per heavy atom. The fraction of sp³-hybridized carbons (Fsp3) is 0.538. The molecule has 1 aromatic rings. The van der Waals surface area contributed by atoms with Gasteiger partial charge >= 0.3 is 0 Å². The average molecular weight is 299 g/mol. The van der Waals surface area contributed by atoms with Gasteiger partial charge in [-0.1, -0.05) is 22.0 Å². The maximum atomic E-state index is 10.2. The van der Waals surface area contributed by atoms with Crippen LogP contribution in [-0.2, 0) is 4.74 Å². The van der Waals surface area contributed by atoms with Crippen molar-refractivity contribution in [1.29, 1.82) is 0 Å². The number of halogens is 1. The molecule has 1 spiro atoms. The van der Waals surface area contributed by atoms with Crippen molar-refractivity contribution < 1.29 is 14.6 Å². The summed E-state index contributed by atoms with van der Waals surface area (Å²) in [6.07, 6.45) is 1.96. The lowest BCUT2D eigenvalue weighted by molar-refractivity contribution is -0.0839. The van der Waals surface area contributed by atoms with Crippen LogP contribution in [-0.4, -0.2) is 23.9 Å². The van der Waals surface area contributed by atoms with Crippen LogP contribution in [0.25, 0.3) is 0 Å². The summed E-state index contributed by atoms with van der Waals surface area (Å²) in [5.74, 6) is 0.806. The summed E-state index contributed by atoms with van der Waals surface area (Å²) in [7, 11) is 0. The van der Waals surface area contributed by atoms with E-state index in [-0.39, 0.29) is 5.60 Å². The topological polar surface area (TPSA) is 38.7 Å². The molecular formula is C13H15BrO3. The number of aliphatic hydroxyl groups excluding tert-OH is 1. The predicted molar refractivity (Wildman–Crippen MR) is 67.1 cm³/mol. The molecule has 3 nitrogen and oxygen atoms in total. The highest BCUT2D eigenvalue weighted by atomic mass is 79.9. The Hall–Kier alpha value is -0.580. The van der Waals surface area contributed by atoms with Gasteiger partial charge in [0, 0.05) is 29.3 Å². The van der Waals surface area contributed by atoms with Crippen LogP contribution in [0.1, 0.15) is 30.9 Å². The summed E-state index contributed by atoms with van der Waals surface area (Å²) in [5, 5.41) is 10.2. The Morgan fingerprint density at radius 1 is 1.29 bits per heavy atom. The van der Waals surface area contributed by atoms with Gasteiger partial charge in [-0.2, -0.15) is 0 Å². The van der Waals surface area contributed by atoms with Crippen molar-refractivity contribution in [3.05, 3.63) is 28.2 Å². The van der Waals surface area contributed by atoms with Crippen molar-refractivity contribution in [2.75, 3.05) is 13.2 Å². The highest BCUT2D eigenvalue weighted by Crippen LogP contribution is 2.44. The van der Waals surface area contributed by atoms with Gasteiger partial charge in [0.1, 0.15) is 11.4 Å². The van der Waals surface area contributed by atoms with E-state index in [0.29, 0.717) is 6.42 Å². The number of rotatable bonds is 0. The van der Waals surface area contributed by atoms with E-state index in [0.717, 1.165) is 41.8 Å². The van der Waals surface area contributed by atoms with Gasteiger partial charge in [0.25, 0.3) is 0 Å². The Balaban J connectivity index is 1.95. The SMILES string of the molecule is O[C@H]1CC2(CCOCC2)Oc2cc(Br)ccc21. The summed E-state index contributed by atoms with van der Waals surface area (Å²) in [5.41, 5.74) is 0.663. The first-order chi connectivity index (χ1) is 8.19. The number of fused-ring (bicyclic) bond motifs is 1. The predicted octanol–water partition coefficient (Wildman–Crippen LogP) is 2.81. The van der Waals surface area contributed by atoms with E-state index in [1.54, 1.807) is 0 Å². The Labute approximate surface area is 109 Å². The molecule has 1 fully saturated rings. The van der Waals surface area contributed by atoms with Crippen LogP contribution >= 0.6 is 15.9 Å². The van der Waals surface area contributed by atoms with Crippen molar-refractivity contribution in [3.8, 4) is 5.75 Å². The monoisotopic (exact) mass is 298 g/mol. The van der Waals surface area contributed by atoms with E-state index in [2.05, 4.69) is 15.9 Å². The molecule has 4 heteroatoms. The molecule has 1 aromatic carbocycles. The molecule has 0 unspecified atom stereocenters. The van der Waals surface area contributed by atoms with Gasteiger partial charge in [-0.3, -0.25) is 0 Å². The zero-order valence-corrected chi connectivity index (χ0v) is 11.1. The van der Waals surface area contributed by atoms with Gasteiger partial charge in [0.05, 0.1) is 19.3 Å². The van der Waals surface area contributed by atoms with Crippen LogP contribution in [0.2, 0.25) is 0 Å². The van der Waals surface area contributed by atoms with Crippen molar-refractivity contribution >= 4 is 15.9 Å². The van der Waals surface area contributed by atoms with E-state index >= 15 is 0 Å². The lowest BCUT2D eigenvalue weighted by Crippen LogP contribution is -2.45. The zero-order valence-electron chi connectivity index (χ0n) is 9.49. The van der Waals surface area contributed by atoms with Crippen LogP contribution in [0.3, 0.4) is 0 Å². The van der Waals surface area contributed by atoms with Gasteiger partial charge in [-0.05, 0) is 12.1 Å². The minimum atomic E-state index is -0.426. The molecule has 92 valence electrons. The minimum Gasteiger partial charge on any atom is -0.487 e. The minimum absolute atomic E-state index is 0.231. The Morgan fingerprint density at radius 3 is 2.82 bits per heavy atom. The van der Waals surface area contributed by atoms with Crippen LogP contribution in [0.15, 0.2) is 22.7 Å². The molecule has 1 N–H and O–H groups in total. The van der Waals surface area contributed by atoms with E-state index in [4.69, 9.17) is 9.47 Å². The highest BCUT2D eigenvalue weighted by Gasteiger charge is 2.41. The third-order valence-electron chi connectivity index (χ3n) is 3.63. The molecule has 3 rings (SSSR count). The lowest BCUT2D eigenvalue weighted by Gasteiger charge is -2.43. The molecule has 0 saturated carbocycles. The maximum absolute atomic E-state index is 10.2. The van der Waals surface area contributed by atoms with Crippen LogP contribution in [0.5, 0.6) is 5.75 Å². The van der Waals surface area contributed by atoms with Crippen molar-refractivity contribution in [1.82, 2.24) is 0 Å². The van der Waals surface area contributed by atoms with Gasteiger partial charge in [0.15, 0.2) is 0 Å². The van der Waals surface area contributed by atoms with E-state index in [9.17, 15) is 5.11 Å². The molecule has 2 heterocycles. The molecular weight excluding hydrogens is 284 g/mol. The first kappa shape index (κ1) is 11.5. The average Bonchev–Trinajstić information content (AvgIpc) is 2.29. The van der Waals surface area contributed by atoms with Crippen LogP contribution < -0.4 is 4.74 Å². The van der Waals surface area contributed by atoms with Gasteiger partial charge in [-0.25, -0.2) is 0 Å². The Bertz CT molecular complexity index is 427. The lowest BCUT2D eigenvalue weighted by atomic mass is 9.83. The quantitative estimate of drug-likeness (QED) is 0.800. The standard InChI is InChI=1S/C13H15BrO3/c14-9-1-2-10-11(15)8-13(17-12(10)7-9)3-5-16-6-4-13/h1-2,7,11,15H,3-6,8H2/t11-/m0/s1. The Kier molecular flexibility index (Phi) is 2.89. The van der Waals surface area contributed by atoms with Gasteiger partial charge < -0.3 is 14.6 Å². The van der Waals surface area contributed by atoms with E-state index in [1.165, 1.54) is 0 Å². The second-order valence-electron chi connectivity index (χ2n) is 4.80. The molecule has 2 aliphatic heterocycles.